The Hall–Kier alpha value is -2.37. The van der Waals surface area contributed by atoms with Gasteiger partial charge in [0.05, 0.1) is 7.11 Å². The number of ether oxygens (including phenoxy) is 1. The molecule has 1 fully saturated rings. The smallest absolute Gasteiger partial charge is 0.251 e. The lowest BCUT2D eigenvalue weighted by Crippen LogP contribution is -2.60. The number of nitrogens with zero attached hydrogens (tertiary/aromatic N) is 2. The average molecular weight is 383 g/mol. The van der Waals surface area contributed by atoms with Gasteiger partial charge in [0.15, 0.2) is 5.54 Å². The third kappa shape index (κ3) is 2.81. The van der Waals surface area contributed by atoms with E-state index in [0.29, 0.717) is 12.2 Å². The number of amides is 1. The molecule has 1 saturated heterocycles. The fourth-order valence-corrected chi connectivity index (χ4v) is 4.16. The molecule has 1 aliphatic rings. The van der Waals surface area contributed by atoms with Crippen LogP contribution in [0.4, 0.5) is 0 Å². The van der Waals surface area contributed by atoms with E-state index < -0.39 is 11.2 Å². The van der Waals surface area contributed by atoms with Gasteiger partial charge >= 0.3 is 0 Å². The minimum atomic E-state index is -1.22. The van der Waals surface area contributed by atoms with Gasteiger partial charge in [0, 0.05) is 18.9 Å². The van der Waals surface area contributed by atoms with Crippen LogP contribution in [0, 0.1) is 5.41 Å². The van der Waals surface area contributed by atoms with Crippen LogP contribution in [0.25, 0.3) is 0 Å². The molecule has 150 valence electrons. The Morgan fingerprint density at radius 3 is 2.07 bits per heavy atom. The predicted octanol–water partition coefficient (Wildman–Crippen LogP) is 4.06. The first-order valence-corrected chi connectivity index (χ1v) is 9.55. The minimum Gasteiger partial charge on any atom is -0.497 e. The number of carbonyl (C=O) groups excluding carboxylic acids is 1. The summed E-state index contributed by atoms with van der Waals surface area (Å²) in [6.07, 6.45) is 0.367. The van der Waals surface area contributed by atoms with Gasteiger partial charge in [-0.1, -0.05) is 63.2 Å². The summed E-state index contributed by atoms with van der Waals surface area (Å²) in [5.41, 5.74) is -0.748. The van der Waals surface area contributed by atoms with Crippen molar-refractivity contribution in [1.82, 2.24) is 9.96 Å². The summed E-state index contributed by atoms with van der Waals surface area (Å²) in [5, 5.41) is 12.9. The van der Waals surface area contributed by atoms with E-state index in [4.69, 9.17) is 4.74 Å². The van der Waals surface area contributed by atoms with Crippen molar-refractivity contribution in [3.63, 3.8) is 0 Å². The van der Waals surface area contributed by atoms with E-state index in [1.807, 2.05) is 82.3 Å². The van der Waals surface area contributed by atoms with Crippen molar-refractivity contribution in [2.45, 2.75) is 45.3 Å². The molecule has 0 spiro atoms. The Bertz CT molecular complexity index is 844. The number of likely N-dealkylation sites (N-methyl/N-ethyl adjacent to an activating group) is 1. The molecule has 0 radical (unpaired) electrons. The summed E-state index contributed by atoms with van der Waals surface area (Å²) in [5.74, 6) is 0.585. The lowest BCUT2D eigenvalue weighted by molar-refractivity contribution is -0.255. The third-order valence-electron chi connectivity index (χ3n) is 6.38. The van der Waals surface area contributed by atoms with Crippen LogP contribution in [-0.4, -0.2) is 40.9 Å². The van der Waals surface area contributed by atoms with Gasteiger partial charge in [-0.2, -0.15) is 0 Å². The fraction of sp³-hybridized carbons (Fsp3) is 0.435. The number of benzene rings is 2. The van der Waals surface area contributed by atoms with Gasteiger partial charge < -0.3 is 14.8 Å². The quantitative estimate of drug-likeness (QED) is 0.866. The molecular formula is C23H30N2O3. The van der Waals surface area contributed by atoms with Crippen LogP contribution in [0.5, 0.6) is 5.75 Å². The van der Waals surface area contributed by atoms with Crippen molar-refractivity contribution in [2.24, 2.45) is 5.41 Å². The fourth-order valence-electron chi connectivity index (χ4n) is 4.16. The molecule has 2 aromatic rings. The summed E-state index contributed by atoms with van der Waals surface area (Å²) in [7, 11) is 3.38. The van der Waals surface area contributed by atoms with Crippen LogP contribution in [-0.2, 0) is 16.8 Å². The molecule has 1 aliphatic heterocycles. The van der Waals surface area contributed by atoms with Gasteiger partial charge in [-0.15, -0.1) is 5.06 Å². The maximum Gasteiger partial charge on any atom is 0.251 e. The first-order valence-electron chi connectivity index (χ1n) is 9.55. The van der Waals surface area contributed by atoms with E-state index in [1.54, 1.807) is 19.1 Å². The second-order valence-corrected chi connectivity index (χ2v) is 8.70. The van der Waals surface area contributed by atoms with Gasteiger partial charge in [-0.25, -0.2) is 0 Å². The largest absolute Gasteiger partial charge is 0.497 e. The molecule has 0 unspecified atom stereocenters. The summed E-state index contributed by atoms with van der Waals surface area (Å²) in [6.45, 7) is 8.02. The highest BCUT2D eigenvalue weighted by Gasteiger charge is 2.66. The maximum atomic E-state index is 13.8. The highest BCUT2D eigenvalue weighted by Crippen LogP contribution is 2.51. The monoisotopic (exact) mass is 382 g/mol. The Morgan fingerprint density at radius 2 is 1.61 bits per heavy atom. The Morgan fingerprint density at radius 1 is 1.04 bits per heavy atom. The Labute approximate surface area is 167 Å². The van der Waals surface area contributed by atoms with Gasteiger partial charge in [0.25, 0.3) is 5.91 Å². The van der Waals surface area contributed by atoms with Crippen molar-refractivity contribution >= 4 is 5.91 Å². The standard InChI is InChI=1S/C23H30N2O3/c1-21(2,3)22(4)24(5)20(26)23(25(22)27,16-17-10-8-7-9-11-17)18-12-14-19(28-6)15-13-18/h7-15,27H,16H2,1-6H3/t22-,23-/m1/s1. The van der Waals surface area contributed by atoms with Gasteiger partial charge in [-0.05, 0) is 30.2 Å². The molecule has 0 saturated carbocycles. The number of rotatable bonds is 4. The van der Waals surface area contributed by atoms with Gasteiger partial charge in [-0.3, -0.25) is 4.79 Å². The van der Waals surface area contributed by atoms with Crippen LogP contribution in [0.1, 0.15) is 38.8 Å². The van der Waals surface area contributed by atoms with Crippen molar-refractivity contribution < 1.29 is 14.7 Å². The molecule has 1 heterocycles. The van der Waals surface area contributed by atoms with E-state index in [0.717, 1.165) is 11.1 Å². The zero-order valence-corrected chi connectivity index (χ0v) is 17.6. The molecule has 1 amide bonds. The van der Waals surface area contributed by atoms with Crippen LogP contribution in [0.2, 0.25) is 0 Å². The molecule has 2 atom stereocenters. The summed E-state index contributed by atoms with van der Waals surface area (Å²) < 4.78 is 5.28. The normalized spacial score (nSPS) is 26.0. The maximum absolute atomic E-state index is 13.8. The highest BCUT2D eigenvalue weighted by molar-refractivity contribution is 5.91. The molecule has 28 heavy (non-hydrogen) atoms. The molecule has 0 bridgehead atoms. The molecule has 0 aromatic heterocycles. The number of methoxy groups -OCH3 is 1. The predicted molar refractivity (Wildman–Crippen MR) is 109 cm³/mol. The van der Waals surface area contributed by atoms with E-state index in [-0.39, 0.29) is 11.3 Å². The van der Waals surface area contributed by atoms with E-state index in [2.05, 4.69) is 0 Å². The van der Waals surface area contributed by atoms with Crippen molar-refractivity contribution in [1.29, 1.82) is 0 Å². The second-order valence-electron chi connectivity index (χ2n) is 8.70. The number of hydrogen-bond donors (Lipinski definition) is 1. The van der Waals surface area contributed by atoms with E-state index >= 15 is 0 Å². The number of hydrogen-bond acceptors (Lipinski definition) is 4. The van der Waals surface area contributed by atoms with Crippen molar-refractivity contribution in [3.8, 4) is 5.75 Å². The van der Waals surface area contributed by atoms with Crippen LogP contribution in [0.3, 0.4) is 0 Å². The lowest BCUT2D eigenvalue weighted by Gasteiger charge is -2.48. The second kappa shape index (κ2) is 6.90. The molecular weight excluding hydrogens is 352 g/mol. The highest BCUT2D eigenvalue weighted by atomic mass is 16.5. The molecule has 2 aromatic carbocycles. The van der Waals surface area contributed by atoms with Crippen LogP contribution >= 0.6 is 0 Å². The molecule has 5 nitrogen and oxygen atoms in total. The number of hydroxylamine groups is 2. The topological polar surface area (TPSA) is 53.0 Å². The Kier molecular flexibility index (Phi) is 5.02. The first-order chi connectivity index (χ1) is 13.1. The SMILES string of the molecule is COc1ccc([C@]2(Cc3ccccc3)C(=O)N(C)[C@@](C)(C(C)(C)C)N2O)cc1. The molecule has 0 aliphatic carbocycles. The average Bonchev–Trinajstić information content (AvgIpc) is 2.83. The summed E-state index contributed by atoms with van der Waals surface area (Å²) in [6, 6.07) is 17.2. The first kappa shape index (κ1) is 20.4. The summed E-state index contributed by atoms with van der Waals surface area (Å²) in [4.78, 5) is 15.4. The van der Waals surface area contributed by atoms with Crippen LogP contribution in [0.15, 0.2) is 54.6 Å². The van der Waals surface area contributed by atoms with Gasteiger partial charge in [0.2, 0.25) is 0 Å². The molecule has 3 rings (SSSR count). The molecule has 1 N–H and O–H groups in total. The van der Waals surface area contributed by atoms with E-state index in [9.17, 15) is 10.0 Å². The third-order valence-corrected chi connectivity index (χ3v) is 6.38. The minimum absolute atomic E-state index is 0.124. The van der Waals surface area contributed by atoms with E-state index in [1.165, 1.54) is 5.06 Å². The Balaban J connectivity index is 2.22. The van der Waals surface area contributed by atoms with Crippen molar-refractivity contribution in [3.05, 3.63) is 65.7 Å². The lowest BCUT2D eigenvalue weighted by atomic mass is 9.79. The zero-order valence-electron chi connectivity index (χ0n) is 17.6. The molecule has 5 heteroatoms. The number of carbonyl (C=O) groups is 1. The van der Waals surface area contributed by atoms with Crippen LogP contribution < -0.4 is 4.74 Å². The zero-order chi connectivity index (χ0) is 20.7. The summed E-state index contributed by atoms with van der Waals surface area (Å²) >= 11 is 0. The van der Waals surface area contributed by atoms with Gasteiger partial charge in [0.1, 0.15) is 11.4 Å². The van der Waals surface area contributed by atoms with Crippen molar-refractivity contribution in [2.75, 3.05) is 14.2 Å².